The quantitative estimate of drug-likeness (QED) is 0.137. The Kier molecular flexibility index (Phi) is 18.1. The Morgan fingerprint density at radius 2 is 0.842 bits per heavy atom. The molecule has 4 heteroatoms. The van der Waals surface area contributed by atoms with Gasteiger partial charge in [-0.3, -0.25) is 0 Å². The molecule has 0 radical (unpaired) electrons. The lowest BCUT2D eigenvalue weighted by Gasteiger charge is -2.16. The molecule has 0 saturated heterocycles. The number of benzene rings is 2. The van der Waals surface area contributed by atoms with Crippen LogP contribution in [0.4, 0.5) is 0 Å². The van der Waals surface area contributed by atoms with Crippen LogP contribution in [0.1, 0.15) is 89.2 Å². The normalized spacial score (nSPS) is 11.6. The minimum absolute atomic E-state index is 0.676. The second-order valence-corrected chi connectivity index (χ2v) is 10.9. The van der Waals surface area contributed by atoms with Crippen LogP contribution >= 0.6 is 0 Å². The fraction of sp³-hybridized carbons (Fsp3) is 0.647. The van der Waals surface area contributed by atoms with Crippen LogP contribution in [0.2, 0.25) is 0 Å². The van der Waals surface area contributed by atoms with E-state index in [1.807, 2.05) is 0 Å². The first-order valence-electron chi connectivity index (χ1n) is 15.3. The molecule has 0 aliphatic rings. The Morgan fingerprint density at radius 1 is 0.474 bits per heavy atom. The van der Waals surface area contributed by atoms with Gasteiger partial charge in [-0.1, -0.05) is 114 Å². The molecular weight excluding hydrogens is 468 g/mol. The van der Waals surface area contributed by atoms with Crippen LogP contribution in [0.5, 0.6) is 0 Å². The van der Waals surface area contributed by atoms with Crippen LogP contribution in [-0.2, 0) is 22.7 Å². The lowest BCUT2D eigenvalue weighted by Crippen LogP contribution is -2.24. The molecule has 4 nitrogen and oxygen atoms in total. The van der Waals surface area contributed by atoms with Gasteiger partial charge in [-0.15, -0.1) is 0 Å². The number of likely N-dealkylation sites (N-methyl/N-ethyl adjacent to an activating group) is 2. The molecule has 0 spiro atoms. The summed E-state index contributed by atoms with van der Waals surface area (Å²) >= 11 is 0. The van der Waals surface area contributed by atoms with E-state index in [1.165, 1.54) is 99.6 Å². The number of rotatable bonds is 23. The van der Waals surface area contributed by atoms with Crippen molar-refractivity contribution in [3.63, 3.8) is 0 Å². The maximum Gasteiger partial charge on any atom is 0.0717 e. The van der Waals surface area contributed by atoms with Crippen molar-refractivity contribution in [1.29, 1.82) is 0 Å². The zero-order chi connectivity index (χ0) is 27.3. The van der Waals surface area contributed by atoms with Gasteiger partial charge in [0.05, 0.1) is 26.4 Å². The summed E-state index contributed by atoms with van der Waals surface area (Å²) in [5.74, 6) is 0. The first-order valence-corrected chi connectivity index (χ1v) is 15.3. The fourth-order valence-corrected chi connectivity index (χ4v) is 4.60. The van der Waals surface area contributed by atoms with Gasteiger partial charge in [-0.25, -0.2) is 0 Å². The van der Waals surface area contributed by atoms with Gasteiger partial charge in [0.25, 0.3) is 0 Å². The topological polar surface area (TPSA) is 24.9 Å². The summed E-state index contributed by atoms with van der Waals surface area (Å²) in [6.45, 7) is 11.8. The average Bonchev–Trinajstić information content (AvgIpc) is 2.94. The van der Waals surface area contributed by atoms with Gasteiger partial charge in [0, 0.05) is 13.1 Å². The van der Waals surface area contributed by atoms with Crippen LogP contribution < -0.4 is 0 Å². The standard InChI is InChI=1S/C34H56N2O2/c1-5-7-9-11-13-23-35(3)25-27-37-29-31-15-19-33(20-16-31)34-21-17-32(18-22-34)30-38-28-26-36(4)24-14-12-10-8-6-2/h15-22H,5-14,23-30H2,1-4H3. The molecule has 214 valence electrons. The van der Waals surface area contributed by atoms with Crippen molar-refractivity contribution in [3.05, 3.63) is 59.7 Å². The molecule has 0 heterocycles. The zero-order valence-electron chi connectivity index (χ0n) is 25.1. The second kappa shape index (κ2) is 21.1. The predicted molar refractivity (Wildman–Crippen MR) is 164 cm³/mol. The van der Waals surface area contributed by atoms with Gasteiger partial charge >= 0.3 is 0 Å². The first kappa shape index (κ1) is 32.5. The SMILES string of the molecule is CCCCCCCN(C)CCOCc1ccc(-c2ccc(COCCN(C)CCCCCCC)cc2)cc1. The number of unbranched alkanes of at least 4 members (excludes halogenated alkanes) is 8. The van der Waals surface area contributed by atoms with Crippen molar-refractivity contribution < 1.29 is 9.47 Å². The van der Waals surface area contributed by atoms with Crippen LogP contribution in [0.25, 0.3) is 11.1 Å². The maximum absolute atomic E-state index is 5.93. The number of hydrogen-bond acceptors (Lipinski definition) is 4. The summed E-state index contributed by atoms with van der Waals surface area (Å²) in [6.07, 6.45) is 13.4. The van der Waals surface area contributed by atoms with Gasteiger partial charge in [0.15, 0.2) is 0 Å². The highest BCUT2D eigenvalue weighted by atomic mass is 16.5. The summed E-state index contributed by atoms with van der Waals surface area (Å²) in [5.41, 5.74) is 4.94. The van der Waals surface area contributed by atoms with E-state index in [1.54, 1.807) is 0 Å². The van der Waals surface area contributed by atoms with E-state index in [0.29, 0.717) is 13.2 Å². The number of nitrogens with zero attached hydrogens (tertiary/aromatic N) is 2. The number of ether oxygens (including phenoxy) is 2. The van der Waals surface area contributed by atoms with E-state index in [0.717, 1.165) is 26.3 Å². The second-order valence-electron chi connectivity index (χ2n) is 10.9. The molecule has 0 atom stereocenters. The molecule has 38 heavy (non-hydrogen) atoms. The molecular formula is C34H56N2O2. The van der Waals surface area contributed by atoms with Crippen molar-refractivity contribution in [3.8, 4) is 11.1 Å². The molecule has 0 aromatic heterocycles. The van der Waals surface area contributed by atoms with Gasteiger partial charge in [0.1, 0.15) is 0 Å². The zero-order valence-corrected chi connectivity index (χ0v) is 25.1. The minimum Gasteiger partial charge on any atom is -0.375 e. The van der Waals surface area contributed by atoms with Crippen molar-refractivity contribution >= 4 is 0 Å². The monoisotopic (exact) mass is 524 g/mol. The predicted octanol–water partition coefficient (Wildman–Crippen LogP) is 8.19. The fourth-order valence-electron chi connectivity index (χ4n) is 4.60. The van der Waals surface area contributed by atoms with Gasteiger partial charge in [-0.05, 0) is 62.3 Å². The third-order valence-electron chi connectivity index (χ3n) is 7.30. The molecule has 0 aliphatic heterocycles. The van der Waals surface area contributed by atoms with Crippen LogP contribution in [0.15, 0.2) is 48.5 Å². The van der Waals surface area contributed by atoms with Crippen molar-refractivity contribution in [2.75, 3.05) is 53.5 Å². The van der Waals surface area contributed by atoms with Crippen LogP contribution in [0.3, 0.4) is 0 Å². The molecule has 0 amide bonds. The van der Waals surface area contributed by atoms with Crippen LogP contribution in [0, 0.1) is 0 Å². The van der Waals surface area contributed by atoms with Gasteiger partial charge in [-0.2, -0.15) is 0 Å². The van der Waals surface area contributed by atoms with E-state index in [2.05, 4.69) is 86.3 Å². The third kappa shape index (κ3) is 15.0. The molecule has 0 bridgehead atoms. The molecule has 2 aromatic rings. The Bertz CT molecular complexity index is 737. The molecule has 0 fully saturated rings. The smallest absolute Gasteiger partial charge is 0.0717 e. The average molecular weight is 525 g/mol. The summed E-state index contributed by atoms with van der Waals surface area (Å²) in [5, 5.41) is 0. The van der Waals surface area contributed by atoms with E-state index in [4.69, 9.17) is 9.47 Å². The summed E-state index contributed by atoms with van der Waals surface area (Å²) in [7, 11) is 4.40. The maximum atomic E-state index is 5.93. The largest absolute Gasteiger partial charge is 0.375 e. The molecule has 0 saturated carbocycles. The summed E-state index contributed by atoms with van der Waals surface area (Å²) in [4.78, 5) is 4.78. The van der Waals surface area contributed by atoms with E-state index in [-0.39, 0.29) is 0 Å². The molecule has 2 aromatic carbocycles. The lowest BCUT2D eigenvalue weighted by atomic mass is 10.0. The van der Waals surface area contributed by atoms with E-state index >= 15 is 0 Å². The Labute approximate surface area is 234 Å². The van der Waals surface area contributed by atoms with E-state index in [9.17, 15) is 0 Å². The lowest BCUT2D eigenvalue weighted by molar-refractivity contribution is 0.0991. The van der Waals surface area contributed by atoms with Gasteiger partial charge < -0.3 is 19.3 Å². The Balaban J connectivity index is 1.59. The highest BCUT2D eigenvalue weighted by molar-refractivity contribution is 5.63. The van der Waals surface area contributed by atoms with Crippen molar-refractivity contribution in [2.24, 2.45) is 0 Å². The van der Waals surface area contributed by atoms with Crippen molar-refractivity contribution in [1.82, 2.24) is 9.80 Å². The highest BCUT2D eigenvalue weighted by Gasteiger charge is 2.03. The number of hydrogen-bond donors (Lipinski definition) is 0. The molecule has 2 rings (SSSR count). The molecule has 0 aliphatic carbocycles. The van der Waals surface area contributed by atoms with Crippen LogP contribution in [-0.4, -0.2) is 63.3 Å². The van der Waals surface area contributed by atoms with E-state index < -0.39 is 0 Å². The van der Waals surface area contributed by atoms with Gasteiger partial charge in [0.2, 0.25) is 0 Å². The summed E-state index contributed by atoms with van der Waals surface area (Å²) in [6, 6.07) is 17.5. The Morgan fingerprint density at radius 3 is 1.21 bits per heavy atom. The molecule has 0 N–H and O–H groups in total. The van der Waals surface area contributed by atoms with Crippen molar-refractivity contribution in [2.45, 2.75) is 91.3 Å². The molecule has 0 unspecified atom stereocenters. The Hall–Kier alpha value is -1.72. The highest BCUT2D eigenvalue weighted by Crippen LogP contribution is 2.21. The minimum atomic E-state index is 0.676. The first-order chi connectivity index (χ1) is 18.6. The summed E-state index contributed by atoms with van der Waals surface area (Å²) < 4.78 is 11.9. The third-order valence-corrected chi connectivity index (χ3v) is 7.30.